The second kappa shape index (κ2) is 9.47. The topological polar surface area (TPSA) is 68.3 Å². The molecule has 2 aromatic carbocycles. The minimum Gasteiger partial charge on any atom is -0.448 e. The molecule has 0 aliphatic rings. The third-order valence-electron chi connectivity index (χ3n) is 4.61. The van der Waals surface area contributed by atoms with Crippen molar-refractivity contribution < 1.29 is 14.3 Å². The van der Waals surface area contributed by atoms with Crippen LogP contribution in [0, 0.1) is 6.92 Å². The van der Waals surface area contributed by atoms with Crippen molar-refractivity contribution in [1.29, 1.82) is 0 Å². The van der Waals surface area contributed by atoms with Gasteiger partial charge >= 0.3 is 5.97 Å². The number of aromatic nitrogens is 1. The van der Waals surface area contributed by atoms with E-state index in [-0.39, 0.29) is 11.8 Å². The first-order valence-corrected chi connectivity index (χ1v) is 10.3. The van der Waals surface area contributed by atoms with Gasteiger partial charge in [-0.1, -0.05) is 67.6 Å². The summed E-state index contributed by atoms with van der Waals surface area (Å²) in [7, 11) is 0. The lowest BCUT2D eigenvalue weighted by molar-refractivity contribution is -0.129. The second-order valence-electron chi connectivity index (χ2n) is 6.90. The SMILES string of the molecule is Cc1nc(-c2ccccc2)sc1C(=O)O[C@H](C)C(=O)NC[C@H](C)c1ccccc1. The molecule has 5 nitrogen and oxygen atoms in total. The molecule has 1 N–H and O–H groups in total. The monoisotopic (exact) mass is 408 g/mol. The van der Waals surface area contributed by atoms with Crippen molar-refractivity contribution in [3.63, 3.8) is 0 Å². The molecule has 3 aromatic rings. The van der Waals surface area contributed by atoms with Gasteiger partial charge in [-0.05, 0) is 25.3 Å². The number of nitrogens with one attached hydrogen (secondary N) is 1. The van der Waals surface area contributed by atoms with Crippen LogP contribution in [0.1, 0.15) is 40.7 Å². The summed E-state index contributed by atoms with van der Waals surface area (Å²) in [4.78, 5) is 29.8. The fourth-order valence-electron chi connectivity index (χ4n) is 2.85. The van der Waals surface area contributed by atoms with E-state index in [9.17, 15) is 9.59 Å². The van der Waals surface area contributed by atoms with Crippen LogP contribution < -0.4 is 5.32 Å². The third kappa shape index (κ3) is 5.29. The standard InChI is InChI=1S/C23H24N2O3S/c1-15(18-10-6-4-7-11-18)14-24-21(26)17(3)28-23(27)20-16(2)25-22(29-20)19-12-8-5-9-13-19/h4-13,15,17H,14H2,1-3H3,(H,24,26)/t15-,17+/m0/s1. The number of esters is 1. The molecule has 3 rings (SSSR count). The van der Waals surface area contributed by atoms with Crippen molar-refractivity contribution in [1.82, 2.24) is 10.3 Å². The maximum atomic E-state index is 12.6. The van der Waals surface area contributed by atoms with Crippen molar-refractivity contribution >= 4 is 23.2 Å². The van der Waals surface area contributed by atoms with Crippen LogP contribution in [0.5, 0.6) is 0 Å². The highest BCUT2D eigenvalue weighted by molar-refractivity contribution is 7.17. The number of carbonyl (C=O) groups excluding carboxylic acids is 2. The fraction of sp³-hybridized carbons (Fsp3) is 0.261. The molecule has 2 atom stereocenters. The molecular weight excluding hydrogens is 384 g/mol. The Hall–Kier alpha value is -2.99. The van der Waals surface area contributed by atoms with Gasteiger partial charge in [0.25, 0.3) is 5.91 Å². The lowest BCUT2D eigenvalue weighted by atomic mass is 10.0. The fourth-order valence-corrected chi connectivity index (χ4v) is 3.81. The van der Waals surface area contributed by atoms with Crippen molar-refractivity contribution in [2.24, 2.45) is 0 Å². The number of carbonyl (C=O) groups is 2. The van der Waals surface area contributed by atoms with Gasteiger partial charge in [0.15, 0.2) is 6.10 Å². The minimum atomic E-state index is -0.882. The molecule has 1 amide bonds. The van der Waals surface area contributed by atoms with E-state index in [0.29, 0.717) is 17.1 Å². The zero-order valence-corrected chi connectivity index (χ0v) is 17.5. The summed E-state index contributed by atoms with van der Waals surface area (Å²) in [5.41, 5.74) is 2.69. The summed E-state index contributed by atoms with van der Waals surface area (Å²) in [5.74, 6) is -0.673. The van der Waals surface area contributed by atoms with Crippen LogP contribution in [0.4, 0.5) is 0 Å². The zero-order chi connectivity index (χ0) is 20.8. The highest BCUT2D eigenvalue weighted by Gasteiger charge is 2.23. The summed E-state index contributed by atoms with van der Waals surface area (Å²) in [6.07, 6.45) is -0.882. The van der Waals surface area contributed by atoms with E-state index in [2.05, 4.69) is 10.3 Å². The van der Waals surface area contributed by atoms with Crippen molar-refractivity contribution in [3.8, 4) is 10.6 Å². The maximum absolute atomic E-state index is 12.6. The Morgan fingerprint density at radius 1 is 1.03 bits per heavy atom. The predicted molar refractivity (Wildman–Crippen MR) is 115 cm³/mol. The van der Waals surface area contributed by atoms with E-state index < -0.39 is 12.1 Å². The minimum absolute atomic E-state index is 0.167. The van der Waals surface area contributed by atoms with Crippen molar-refractivity contribution in [2.45, 2.75) is 32.8 Å². The first-order valence-electron chi connectivity index (χ1n) is 9.52. The molecule has 0 aliphatic heterocycles. The summed E-state index contributed by atoms with van der Waals surface area (Å²) in [6.45, 7) is 5.86. The zero-order valence-electron chi connectivity index (χ0n) is 16.7. The van der Waals surface area contributed by atoms with Gasteiger partial charge < -0.3 is 10.1 Å². The molecule has 0 spiro atoms. The smallest absolute Gasteiger partial charge is 0.351 e. The van der Waals surface area contributed by atoms with E-state index in [1.807, 2.05) is 67.6 Å². The summed E-state index contributed by atoms with van der Waals surface area (Å²) < 4.78 is 5.39. The molecule has 1 heterocycles. The molecule has 0 saturated carbocycles. The molecule has 6 heteroatoms. The Bertz CT molecular complexity index is 970. The van der Waals surface area contributed by atoms with E-state index in [0.717, 1.165) is 16.1 Å². The van der Waals surface area contributed by atoms with Gasteiger partial charge in [-0.25, -0.2) is 9.78 Å². The number of hydrogen-bond donors (Lipinski definition) is 1. The summed E-state index contributed by atoms with van der Waals surface area (Å²) >= 11 is 1.27. The van der Waals surface area contributed by atoms with Gasteiger partial charge in [0.05, 0.1) is 5.69 Å². The number of aryl methyl sites for hydroxylation is 1. The lowest BCUT2D eigenvalue weighted by Crippen LogP contribution is -2.37. The average molecular weight is 409 g/mol. The highest BCUT2D eigenvalue weighted by atomic mass is 32.1. The van der Waals surface area contributed by atoms with E-state index in [1.165, 1.54) is 11.3 Å². The Balaban J connectivity index is 1.57. The van der Waals surface area contributed by atoms with Gasteiger partial charge in [-0.15, -0.1) is 11.3 Å². The molecule has 0 radical (unpaired) electrons. The molecule has 29 heavy (non-hydrogen) atoms. The van der Waals surface area contributed by atoms with Gasteiger partial charge in [0.2, 0.25) is 0 Å². The molecule has 0 bridgehead atoms. The molecule has 0 aliphatic carbocycles. The number of hydrogen-bond acceptors (Lipinski definition) is 5. The summed E-state index contributed by atoms with van der Waals surface area (Å²) in [5, 5.41) is 3.61. The number of rotatable bonds is 7. The number of nitrogens with zero attached hydrogens (tertiary/aromatic N) is 1. The quantitative estimate of drug-likeness (QED) is 0.581. The Labute approximate surface area is 174 Å². The number of amides is 1. The third-order valence-corrected chi connectivity index (χ3v) is 5.79. The van der Waals surface area contributed by atoms with Crippen LogP contribution in [0.3, 0.4) is 0 Å². The van der Waals surface area contributed by atoms with Crippen LogP contribution in [0.2, 0.25) is 0 Å². The highest BCUT2D eigenvalue weighted by Crippen LogP contribution is 2.28. The van der Waals surface area contributed by atoms with Crippen LogP contribution in [-0.4, -0.2) is 29.5 Å². The van der Waals surface area contributed by atoms with Crippen LogP contribution in [0.15, 0.2) is 60.7 Å². The normalized spacial score (nSPS) is 12.8. The number of benzene rings is 2. The summed E-state index contributed by atoms with van der Waals surface area (Å²) in [6, 6.07) is 19.6. The largest absolute Gasteiger partial charge is 0.448 e. The van der Waals surface area contributed by atoms with Crippen LogP contribution in [0.25, 0.3) is 10.6 Å². The Kier molecular flexibility index (Phi) is 6.77. The van der Waals surface area contributed by atoms with E-state index >= 15 is 0 Å². The lowest BCUT2D eigenvalue weighted by Gasteiger charge is -2.16. The van der Waals surface area contributed by atoms with Crippen molar-refractivity contribution in [2.75, 3.05) is 6.54 Å². The predicted octanol–water partition coefficient (Wildman–Crippen LogP) is 4.58. The van der Waals surface area contributed by atoms with Gasteiger partial charge in [-0.2, -0.15) is 0 Å². The first-order chi connectivity index (χ1) is 14.0. The average Bonchev–Trinajstić information content (AvgIpc) is 3.14. The molecule has 0 saturated heterocycles. The molecule has 1 aromatic heterocycles. The number of ether oxygens (including phenoxy) is 1. The Morgan fingerprint density at radius 2 is 1.66 bits per heavy atom. The van der Waals surface area contributed by atoms with Crippen LogP contribution >= 0.6 is 11.3 Å². The first kappa shape index (κ1) is 20.7. The van der Waals surface area contributed by atoms with Gasteiger partial charge in [-0.3, -0.25) is 4.79 Å². The molecular formula is C23H24N2O3S. The van der Waals surface area contributed by atoms with Crippen molar-refractivity contribution in [3.05, 3.63) is 76.8 Å². The Morgan fingerprint density at radius 3 is 2.31 bits per heavy atom. The van der Waals surface area contributed by atoms with E-state index in [4.69, 9.17) is 4.74 Å². The van der Waals surface area contributed by atoms with Gasteiger partial charge in [0.1, 0.15) is 9.88 Å². The van der Waals surface area contributed by atoms with E-state index in [1.54, 1.807) is 13.8 Å². The maximum Gasteiger partial charge on any atom is 0.351 e. The molecule has 150 valence electrons. The molecule has 0 fully saturated rings. The van der Waals surface area contributed by atoms with Crippen LogP contribution in [-0.2, 0) is 9.53 Å². The number of thiazole rings is 1. The molecule has 0 unspecified atom stereocenters. The van der Waals surface area contributed by atoms with Gasteiger partial charge in [0, 0.05) is 12.1 Å². The second-order valence-corrected chi connectivity index (χ2v) is 7.90.